The van der Waals surface area contributed by atoms with Gasteiger partial charge in [-0.25, -0.2) is 4.39 Å². The van der Waals surface area contributed by atoms with Gasteiger partial charge in [0.2, 0.25) is 0 Å². The van der Waals surface area contributed by atoms with E-state index in [0.29, 0.717) is 6.04 Å². The van der Waals surface area contributed by atoms with Crippen molar-refractivity contribution in [1.82, 2.24) is 4.90 Å². The minimum absolute atomic E-state index is 0.186. The van der Waals surface area contributed by atoms with E-state index in [1.807, 2.05) is 0 Å². The highest BCUT2D eigenvalue weighted by Crippen LogP contribution is 2.22. The van der Waals surface area contributed by atoms with E-state index in [2.05, 4.69) is 17.1 Å². The fourth-order valence-electron chi connectivity index (χ4n) is 2.66. The second-order valence-electron chi connectivity index (χ2n) is 5.24. The average Bonchev–Trinajstić information content (AvgIpc) is 2.60. The third-order valence-corrected chi connectivity index (χ3v) is 3.94. The molecule has 1 unspecified atom stereocenters. The lowest BCUT2D eigenvalue weighted by Gasteiger charge is -2.20. The van der Waals surface area contributed by atoms with Crippen LogP contribution in [-0.2, 0) is 0 Å². The van der Waals surface area contributed by atoms with Crippen LogP contribution >= 0.6 is 11.6 Å². The highest BCUT2D eigenvalue weighted by Gasteiger charge is 2.16. The Bertz CT molecular complexity index is 411. The molecule has 0 radical (unpaired) electrons. The van der Waals surface area contributed by atoms with Gasteiger partial charge in [-0.2, -0.15) is 0 Å². The summed E-state index contributed by atoms with van der Waals surface area (Å²) in [5.41, 5.74) is 0.917. The van der Waals surface area contributed by atoms with Gasteiger partial charge in [-0.1, -0.05) is 18.5 Å². The molecule has 1 saturated heterocycles. The number of hydrogen-bond donors (Lipinski definition) is 1. The van der Waals surface area contributed by atoms with Crippen molar-refractivity contribution in [3.05, 3.63) is 29.0 Å². The quantitative estimate of drug-likeness (QED) is 0.893. The Morgan fingerprint density at radius 1 is 1.37 bits per heavy atom. The number of halogens is 2. The van der Waals surface area contributed by atoms with Crippen molar-refractivity contribution in [2.45, 2.75) is 38.6 Å². The van der Waals surface area contributed by atoms with E-state index in [9.17, 15) is 4.39 Å². The topological polar surface area (TPSA) is 15.3 Å². The Kier molecular flexibility index (Phi) is 5.46. The second-order valence-corrected chi connectivity index (χ2v) is 5.65. The van der Waals surface area contributed by atoms with Gasteiger partial charge >= 0.3 is 0 Å². The molecule has 1 atom stereocenters. The molecule has 1 aromatic rings. The highest BCUT2D eigenvalue weighted by atomic mass is 35.5. The Labute approximate surface area is 119 Å². The van der Waals surface area contributed by atoms with Gasteiger partial charge < -0.3 is 10.2 Å². The second kappa shape index (κ2) is 7.11. The normalized spacial score (nSPS) is 21.1. The molecule has 1 fully saturated rings. The summed E-state index contributed by atoms with van der Waals surface area (Å²) in [4.78, 5) is 2.53. The third-order valence-electron chi connectivity index (χ3n) is 3.65. The summed E-state index contributed by atoms with van der Waals surface area (Å²) in [6, 6.07) is 5.31. The van der Waals surface area contributed by atoms with Crippen molar-refractivity contribution in [2.75, 3.05) is 25.0 Å². The molecular formula is C15H22ClFN2. The lowest BCUT2D eigenvalue weighted by Crippen LogP contribution is -2.27. The van der Waals surface area contributed by atoms with E-state index < -0.39 is 0 Å². The SMILES string of the molecule is CCCN1CCCC(Nc2ccc(F)c(Cl)c2)CC1. The van der Waals surface area contributed by atoms with Crippen molar-refractivity contribution in [3.8, 4) is 0 Å². The summed E-state index contributed by atoms with van der Waals surface area (Å²) >= 11 is 5.80. The van der Waals surface area contributed by atoms with E-state index in [1.54, 1.807) is 12.1 Å². The maximum atomic E-state index is 13.1. The molecular weight excluding hydrogens is 263 g/mol. The van der Waals surface area contributed by atoms with Gasteiger partial charge in [-0.3, -0.25) is 0 Å². The number of anilines is 1. The van der Waals surface area contributed by atoms with E-state index >= 15 is 0 Å². The summed E-state index contributed by atoms with van der Waals surface area (Å²) in [5.74, 6) is -0.359. The van der Waals surface area contributed by atoms with Gasteiger partial charge in [0.1, 0.15) is 5.82 Å². The summed E-state index contributed by atoms with van der Waals surface area (Å²) in [7, 11) is 0. The maximum absolute atomic E-state index is 13.1. The zero-order valence-corrected chi connectivity index (χ0v) is 12.2. The van der Waals surface area contributed by atoms with Crippen molar-refractivity contribution in [2.24, 2.45) is 0 Å². The fourth-order valence-corrected chi connectivity index (χ4v) is 2.84. The Morgan fingerprint density at radius 2 is 2.21 bits per heavy atom. The Balaban J connectivity index is 1.90. The van der Waals surface area contributed by atoms with Crippen LogP contribution in [0.3, 0.4) is 0 Å². The predicted molar refractivity (Wildman–Crippen MR) is 79.4 cm³/mol. The minimum Gasteiger partial charge on any atom is -0.382 e. The van der Waals surface area contributed by atoms with Gasteiger partial charge in [0.15, 0.2) is 0 Å². The molecule has 2 nitrogen and oxygen atoms in total. The lowest BCUT2D eigenvalue weighted by atomic mass is 10.1. The third kappa shape index (κ3) is 4.36. The van der Waals surface area contributed by atoms with Crippen molar-refractivity contribution in [3.63, 3.8) is 0 Å². The number of nitrogens with one attached hydrogen (secondary N) is 1. The average molecular weight is 285 g/mol. The van der Waals surface area contributed by atoms with Gasteiger partial charge in [0, 0.05) is 18.3 Å². The summed E-state index contributed by atoms with van der Waals surface area (Å²) in [6.07, 6.45) is 4.72. The first-order valence-corrected chi connectivity index (χ1v) is 7.50. The monoisotopic (exact) mass is 284 g/mol. The molecule has 1 aliphatic rings. The van der Waals surface area contributed by atoms with Crippen LogP contribution in [0.1, 0.15) is 32.6 Å². The van der Waals surface area contributed by atoms with Crippen LogP contribution in [0.5, 0.6) is 0 Å². The fraction of sp³-hybridized carbons (Fsp3) is 0.600. The molecule has 1 aliphatic heterocycles. The molecule has 2 rings (SSSR count). The zero-order valence-electron chi connectivity index (χ0n) is 11.5. The smallest absolute Gasteiger partial charge is 0.141 e. The molecule has 0 aromatic heterocycles. The van der Waals surface area contributed by atoms with Crippen molar-refractivity contribution >= 4 is 17.3 Å². The van der Waals surface area contributed by atoms with Crippen LogP contribution in [0.25, 0.3) is 0 Å². The molecule has 19 heavy (non-hydrogen) atoms. The van der Waals surface area contributed by atoms with Crippen LogP contribution in [0, 0.1) is 5.82 Å². The molecule has 0 aliphatic carbocycles. The number of likely N-dealkylation sites (tertiary alicyclic amines) is 1. The number of nitrogens with zero attached hydrogens (tertiary/aromatic N) is 1. The molecule has 0 spiro atoms. The number of benzene rings is 1. The summed E-state index contributed by atoms with van der Waals surface area (Å²) in [5, 5.41) is 3.66. The van der Waals surface area contributed by atoms with Gasteiger partial charge in [0.05, 0.1) is 5.02 Å². The van der Waals surface area contributed by atoms with E-state index in [1.165, 1.54) is 32.0 Å². The van der Waals surface area contributed by atoms with E-state index in [4.69, 9.17) is 11.6 Å². The van der Waals surface area contributed by atoms with Crippen LogP contribution in [-0.4, -0.2) is 30.6 Å². The van der Waals surface area contributed by atoms with Crippen molar-refractivity contribution < 1.29 is 4.39 Å². The standard InChI is InChI=1S/C15H22ClFN2/c1-2-8-19-9-3-4-12(7-10-19)18-13-5-6-15(17)14(16)11-13/h5-6,11-12,18H,2-4,7-10H2,1H3. The van der Waals surface area contributed by atoms with E-state index in [-0.39, 0.29) is 10.8 Å². The van der Waals surface area contributed by atoms with E-state index in [0.717, 1.165) is 25.1 Å². The zero-order chi connectivity index (χ0) is 13.7. The Hall–Kier alpha value is -0.800. The molecule has 1 N–H and O–H groups in total. The molecule has 1 heterocycles. The van der Waals surface area contributed by atoms with Gasteiger partial charge in [-0.15, -0.1) is 0 Å². The molecule has 0 saturated carbocycles. The maximum Gasteiger partial charge on any atom is 0.141 e. The summed E-state index contributed by atoms with van der Waals surface area (Å²) in [6.45, 7) is 5.74. The molecule has 4 heteroatoms. The Morgan fingerprint density at radius 3 is 2.95 bits per heavy atom. The number of rotatable bonds is 4. The highest BCUT2D eigenvalue weighted by molar-refractivity contribution is 6.31. The van der Waals surface area contributed by atoms with Crippen LogP contribution in [0.4, 0.5) is 10.1 Å². The first-order valence-electron chi connectivity index (χ1n) is 7.13. The molecule has 1 aromatic carbocycles. The largest absolute Gasteiger partial charge is 0.382 e. The molecule has 106 valence electrons. The lowest BCUT2D eigenvalue weighted by molar-refractivity contribution is 0.285. The van der Waals surface area contributed by atoms with Gasteiger partial charge in [0.25, 0.3) is 0 Å². The van der Waals surface area contributed by atoms with Crippen LogP contribution < -0.4 is 5.32 Å². The number of hydrogen-bond acceptors (Lipinski definition) is 2. The first kappa shape index (κ1) is 14.6. The van der Waals surface area contributed by atoms with Crippen molar-refractivity contribution in [1.29, 1.82) is 0 Å². The predicted octanol–water partition coefficient (Wildman–Crippen LogP) is 4.16. The molecule has 0 amide bonds. The molecule has 0 bridgehead atoms. The van der Waals surface area contributed by atoms with Gasteiger partial charge in [-0.05, 0) is 57.0 Å². The minimum atomic E-state index is -0.359. The summed E-state index contributed by atoms with van der Waals surface area (Å²) < 4.78 is 13.1. The van der Waals surface area contributed by atoms with Crippen LogP contribution in [0.2, 0.25) is 5.02 Å². The van der Waals surface area contributed by atoms with Crippen LogP contribution in [0.15, 0.2) is 18.2 Å². The first-order chi connectivity index (χ1) is 9.19.